The van der Waals surface area contributed by atoms with Gasteiger partial charge in [-0.1, -0.05) is 41.6 Å². The third-order valence-electron chi connectivity index (χ3n) is 4.40. The van der Waals surface area contributed by atoms with Gasteiger partial charge in [0.2, 0.25) is 11.1 Å². The van der Waals surface area contributed by atoms with Crippen LogP contribution >= 0.6 is 23.4 Å². The minimum absolute atomic E-state index is 0.00768. The molecule has 34 heavy (non-hydrogen) atoms. The summed E-state index contributed by atoms with van der Waals surface area (Å²) in [4.78, 5) is 12.7. The van der Waals surface area contributed by atoms with Crippen LogP contribution in [0.3, 0.4) is 0 Å². The van der Waals surface area contributed by atoms with Gasteiger partial charge in [-0.2, -0.15) is 4.68 Å². The van der Waals surface area contributed by atoms with Gasteiger partial charge in [0, 0.05) is 5.69 Å². The molecule has 0 aliphatic rings. The summed E-state index contributed by atoms with van der Waals surface area (Å²) in [5.41, 5.74) is 1.21. The molecule has 0 saturated carbocycles. The zero-order chi connectivity index (χ0) is 24.1. The molecule has 2 N–H and O–H groups in total. The van der Waals surface area contributed by atoms with Gasteiger partial charge in [-0.25, -0.2) is 8.42 Å². The second kappa shape index (κ2) is 10.2. The highest BCUT2D eigenvalue weighted by atomic mass is 35.5. The van der Waals surface area contributed by atoms with Gasteiger partial charge < -0.3 is 5.32 Å². The minimum Gasteiger partial charge on any atom is -0.325 e. The maximum absolute atomic E-state index is 12.7. The normalized spacial score (nSPS) is 12.2. The molecule has 11 nitrogen and oxygen atoms in total. The number of para-hydroxylation sites is 1. The Morgan fingerprint density at radius 2 is 1.74 bits per heavy atom. The largest absolute Gasteiger partial charge is 0.325 e. The Bertz CT molecular complexity index is 1380. The minimum atomic E-state index is -3.89. The Morgan fingerprint density at radius 3 is 2.41 bits per heavy atom. The number of sulfonamides is 1. The summed E-state index contributed by atoms with van der Waals surface area (Å²) in [7, 11) is -3.89. The molecule has 0 aliphatic carbocycles. The molecule has 0 fully saturated rings. The van der Waals surface area contributed by atoms with Gasteiger partial charge in [0.15, 0.2) is 11.0 Å². The van der Waals surface area contributed by atoms with Crippen molar-refractivity contribution in [1.82, 2.24) is 30.4 Å². The van der Waals surface area contributed by atoms with Crippen molar-refractivity contribution < 1.29 is 13.2 Å². The smallest absolute Gasteiger partial charge is 0.263 e. The number of amides is 1. The lowest BCUT2D eigenvalue weighted by Gasteiger charge is -2.12. The van der Waals surface area contributed by atoms with Crippen molar-refractivity contribution in [1.29, 1.82) is 0 Å². The Hall–Kier alpha value is -3.55. The highest BCUT2D eigenvalue weighted by molar-refractivity contribution is 8.00. The van der Waals surface area contributed by atoms with E-state index in [1.165, 1.54) is 48.2 Å². The van der Waals surface area contributed by atoms with Gasteiger partial charge >= 0.3 is 0 Å². The number of hydrogen-bond donors (Lipinski definition) is 2. The number of carbonyl (C=O) groups excluding carboxylic acids is 1. The topological polar surface area (TPSA) is 145 Å². The fourth-order valence-corrected chi connectivity index (χ4v) is 4.63. The molecule has 2 aromatic heterocycles. The van der Waals surface area contributed by atoms with Crippen molar-refractivity contribution in [2.24, 2.45) is 0 Å². The number of halogens is 1. The highest BCUT2D eigenvalue weighted by Crippen LogP contribution is 2.24. The van der Waals surface area contributed by atoms with Crippen molar-refractivity contribution in [3.8, 4) is 5.69 Å². The van der Waals surface area contributed by atoms with Crippen molar-refractivity contribution in [3.05, 3.63) is 71.9 Å². The Labute approximate surface area is 204 Å². The molecule has 0 spiro atoms. The second-order valence-corrected chi connectivity index (χ2v) is 10.2. The highest BCUT2D eigenvalue weighted by Gasteiger charge is 2.20. The molecule has 4 rings (SSSR count). The van der Waals surface area contributed by atoms with Crippen molar-refractivity contribution in [2.45, 2.75) is 22.2 Å². The second-order valence-electron chi connectivity index (χ2n) is 6.83. The first kappa shape index (κ1) is 23.6. The van der Waals surface area contributed by atoms with E-state index in [9.17, 15) is 13.2 Å². The molecule has 1 unspecified atom stereocenters. The number of carbonyl (C=O) groups is 1. The number of rotatable bonds is 8. The van der Waals surface area contributed by atoms with E-state index >= 15 is 0 Å². The number of aromatic nitrogens is 6. The van der Waals surface area contributed by atoms with E-state index in [-0.39, 0.29) is 21.8 Å². The van der Waals surface area contributed by atoms with Gasteiger partial charge in [0.1, 0.15) is 0 Å². The predicted octanol–water partition coefficient (Wildman–Crippen LogP) is 3.03. The van der Waals surface area contributed by atoms with E-state index in [1.807, 2.05) is 30.3 Å². The molecule has 1 amide bonds. The van der Waals surface area contributed by atoms with Crippen LogP contribution in [-0.4, -0.2) is 50.0 Å². The summed E-state index contributed by atoms with van der Waals surface area (Å²) < 4.78 is 28.9. The molecule has 2 heterocycles. The summed E-state index contributed by atoms with van der Waals surface area (Å²) >= 11 is 6.85. The average molecular weight is 517 g/mol. The van der Waals surface area contributed by atoms with Crippen molar-refractivity contribution in [2.75, 3.05) is 10.0 Å². The first-order chi connectivity index (χ1) is 16.3. The molecule has 0 aliphatic heterocycles. The third kappa shape index (κ3) is 5.68. The lowest BCUT2D eigenvalue weighted by atomic mass is 10.3. The molecular weight excluding hydrogens is 500 g/mol. The number of anilines is 2. The monoisotopic (exact) mass is 516 g/mol. The number of hydrogen-bond acceptors (Lipinski definition) is 9. The van der Waals surface area contributed by atoms with E-state index in [1.54, 1.807) is 11.6 Å². The quantitative estimate of drug-likeness (QED) is 0.337. The molecule has 174 valence electrons. The first-order valence-electron chi connectivity index (χ1n) is 9.75. The van der Waals surface area contributed by atoms with Crippen LogP contribution in [0.1, 0.15) is 6.92 Å². The number of thioether (sulfide) groups is 1. The van der Waals surface area contributed by atoms with Crippen LogP contribution in [0.25, 0.3) is 5.69 Å². The number of nitrogens with one attached hydrogen (secondary N) is 2. The van der Waals surface area contributed by atoms with Gasteiger partial charge in [0.05, 0.1) is 15.8 Å². The zero-order valence-electron chi connectivity index (χ0n) is 17.5. The molecular formula is C20H17ClN8O3S2. The molecule has 4 aromatic rings. The van der Waals surface area contributed by atoms with Gasteiger partial charge in [-0.15, -0.1) is 15.3 Å². The predicted molar refractivity (Wildman–Crippen MR) is 127 cm³/mol. The van der Waals surface area contributed by atoms with Gasteiger partial charge in [-0.05, 0) is 65.9 Å². The maximum atomic E-state index is 12.7. The summed E-state index contributed by atoms with van der Waals surface area (Å²) in [6.07, 6.45) is 0. The van der Waals surface area contributed by atoms with Crippen LogP contribution in [0.2, 0.25) is 5.15 Å². The van der Waals surface area contributed by atoms with Crippen LogP contribution in [0, 0.1) is 0 Å². The van der Waals surface area contributed by atoms with Crippen LogP contribution in [0.15, 0.2) is 76.8 Å². The SMILES string of the molecule is CC(Sc1nnnn1-c1ccccc1)C(=O)Nc1ccc(S(=O)(=O)Nc2ccc(Cl)nn2)cc1. The van der Waals surface area contributed by atoms with Crippen molar-refractivity contribution >= 4 is 50.8 Å². The summed E-state index contributed by atoms with van der Waals surface area (Å²) in [5.74, 6) is -0.261. The Morgan fingerprint density at radius 1 is 1.00 bits per heavy atom. The lowest BCUT2D eigenvalue weighted by Crippen LogP contribution is -2.23. The molecule has 0 bridgehead atoms. The van der Waals surface area contributed by atoms with E-state index < -0.39 is 15.3 Å². The number of tetrazole rings is 1. The summed E-state index contributed by atoms with van der Waals surface area (Å²) in [5, 5.41) is 21.8. The molecule has 2 aromatic carbocycles. The van der Waals surface area contributed by atoms with E-state index in [2.05, 4.69) is 35.8 Å². The standard InChI is InChI=1S/C20H17ClN8O3S2/c1-13(33-20-25-27-28-29(20)15-5-3-2-4-6-15)19(30)22-14-7-9-16(10-8-14)34(31,32)26-18-12-11-17(21)23-24-18/h2-13H,1H3,(H,22,30)(H,24,26). The van der Waals surface area contributed by atoms with Crippen LogP contribution in [-0.2, 0) is 14.8 Å². The Balaban J connectivity index is 1.39. The fourth-order valence-electron chi connectivity index (χ4n) is 2.72. The van der Waals surface area contributed by atoms with Gasteiger partial charge in [-0.3, -0.25) is 9.52 Å². The average Bonchev–Trinajstić information content (AvgIpc) is 3.29. The van der Waals surface area contributed by atoms with Crippen LogP contribution < -0.4 is 10.0 Å². The van der Waals surface area contributed by atoms with Crippen LogP contribution in [0.4, 0.5) is 11.5 Å². The van der Waals surface area contributed by atoms with Crippen LogP contribution in [0.5, 0.6) is 0 Å². The lowest BCUT2D eigenvalue weighted by molar-refractivity contribution is -0.115. The maximum Gasteiger partial charge on any atom is 0.263 e. The zero-order valence-corrected chi connectivity index (χ0v) is 19.9. The number of benzene rings is 2. The molecule has 0 radical (unpaired) electrons. The summed E-state index contributed by atoms with van der Waals surface area (Å²) in [6, 6.07) is 17.9. The number of nitrogens with zero attached hydrogens (tertiary/aromatic N) is 6. The molecule has 1 atom stereocenters. The first-order valence-corrected chi connectivity index (χ1v) is 12.5. The summed E-state index contributed by atoms with van der Waals surface area (Å²) in [6.45, 7) is 1.72. The van der Waals surface area contributed by atoms with Gasteiger partial charge in [0.25, 0.3) is 10.0 Å². The Kier molecular flexibility index (Phi) is 7.05. The van der Waals surface area contributed by atoms with Crippen molar-refractivity contribution in [3.63, 3.8) is 0 Å². The van der Waals surface area contributed by atoms with E-state index in [0.717, 1.165) is 5.69 Å². The fraction of sp³-hybridized carbons (Fsp3) is 0.100. The third-order valence-corrected chi connectivity index (χ3v) is 7.00. The molecule has 14 heteroatoms. The van der Waals surface area contributed by atoms with E-state index in [4.69, 9.17) is 11.6 Å². The molecule has 0 saturated heterocycles. The van der Waals surface area contributed by atoms with E-state index in [0.29, 0.717) is 10.8 Å².